The molecule has 2 aromatic rings. The predicted octanol–water partition coefficient (Wildman–Crippen LogP) is 3.50. The van der Waals surface area contributed by atoms with E-state index in [1.165, 1.54) is 5.56 Å². The van der Waals surface area contributed by atoms with E-state index in [0.717, 1.165) is 43.9 Å². The van der Waals surface area contributed by atoms with Gasteiger partial charge in [-0.1, -0.05) is 25.1 Å². The first-order chi connectivity index (χ1) is 17.5. The molecule has 1 aliphatic heterocycles. The molecule has 1 fully saturated rings. The van der Waals surface area contributed by atoms with Crippen molar-refractivity contribution in [3.8, 4) is 11.5 Å². The van der Waals surface area contributed by atoms with Gasteiger partial charge in [0.2, 0.25) is 0 Å². The molecular weight excluding hydrogens is 458 g/mol. The molecule has 200 valence electrons. The fraction of sp³-hybridized carbons (Fsp3) is 0.571. The molecule has 3 rings (SSSR count). The van der Waals surface area contributed by atoms with E-state index in [-0.39, 0.29) is 29.9 Å². The van der Waals surface area contributed by atoms with Gasteiger partial charge < -0.3 is 40.0 Å². The third kappa shape index (κ3) is 8.35. The first-order valence-corrected chi connectivity index (χ1v) is 12.9. The van der Waals surface area contributed by atoms with Crippen LogP contribution in [0.2, 0.25) is 0 Å². The number of aromatic hydroxyl groups is 1. The van der Waals surface area contributed by atoms with E-state index in [1.54, 1.807) is 20.3 Å². The Morgan fingerprint density at radius 1 is 1.06 bits per heavy atom. The molecule has 8 nitrogen and oxygen atoms in total. The van der Waals surface area contributed by atoms with Gasteiger partial charge in [-0.05, 0) is 55.3 Å². The first kappa shape index (κ1) is 28.2. The molecule has 8 heteroatoms. The molecule has 0 aliphatic carbocycles. The van der Waals surface area contributed by atoms with E-state index in [4.69, 9.17) is 18.9 Å². The number of phenolic OH excluding ortho intramolecular Hbond substituents is 1. The van der Waals surface area contributed by atoms with Crippen molar-refractivity contribution >= 4 is 5.69 Å². The Kier molecular flexibility index (Phi) is 11.8. The number of hydrogen-bond donors (Lipinski definition) is 4. The molecule has 4 atom stereocenters. The summed E-state index contributed by atoms with van der Waals surface area (Å²) in [6.45, 7) is 9.13. The molecule has 0 saturated carbocycles. The van der Waals surface area contributed by atoms with E-state index < -0.39 is 0 Å². The van der Waals surface area contributed by atoms with Gasteiger partial charge in [0.25, 0.3) is 0 Å². The largest absolute Gasteiger partial charge is 0.506 e. The van der Waals surface area contributed by atoms with Crippen molar-refractivity contribution in [2.75, 3.05) is 58.9 Å². The van der Waals surface area contributed by atoms with Gasteiger partial charge >= 0.3 is 0 Å². The highest BCUT2D eigenvalue weighted by molar-refractivity contribution is 5.57. The van der Waals surface area contributed by atoms with Crippen molar-refractivity contribution in [2.24, 2.45) is 0 Å². The van der Waals surface area contributed by atoms with Gasteiger partial charge in [0.15, 0.2) is 0 Å². The summed E-state index contributed by atoms with van der Waals surface area (Å²) in [4.78, 5) is 0. The van der Waals surface area contributed by atoms with Crippen LogP contribution in [0.3, 0.4) is 0 Å². The van der Waals surface area contributed by atoms with Crippen LogP contribution in [0.25, 0.3) is 0 Å². The molecule has 0 radical (unpaired) electrons. The highest BCUT2D eigenvalue weighted by atomic mass is 16.5. The number of piperidine rings is 1. The number of methoxy groups -OCH3 is 2. The Hall–Kier alpha value is -2.36. The number of anilines is 1. The molecule has 0 aromatic heterocycles. The molecule has 4 N–H and O–H groups in total. The maximum atomic E-state index is 10.2. The van der Waals surface area contributed by atoms with Crippen molar-refractivity contribution in [3.63, 3.8) is 0 Å². The monoisotopic (exact) mass is 501 g/mol. The maximum Gasteiger partial charge on any atom is 0.138 e. The van der Waals surface area contributed by atoms with E-state index in [9.17, 15) is 5.11 Å². The third-order valence-corrected chi connectivity index (χ3v) is 6.47. The highest BCUT2D eigenvalue weighted by Crippen LogP contribution is 2.32. The van der Waals surface area contributed by atoms with Crippen LogP contribution in [-0.4, -0.2) is 77.0 Å². The molecule has 2 aromatic carbocycles. The Bertz CT molecular complexity index is 895. The summed E-state index contributed by atoms with van der Waals surface area (Å²) in [6, 6.07) is 14.1. The zero-order chi connectivity index (χ0) is 25.8. The lowest BCUT2D eigenvalue weighted by molar-refractivity contribution is -0.0630. The van der Waals surface area contributed by atoms with Crippen LogP contribution < -0.4 is 20.7 Å². The topological polar surface area (TPSA) is 93.2 Å². The van der Waals surface area contributed by atoms with Crippen LogP contribution in [0, 0.1) is 0 Å². The van der Waals surface area contributed by atoms with Gasteiger partial charge in [-0.3, -0.25) is 0 Å². The van der Waals surface area contributed by atoms with Crippen molar-refractivity contribution < 1.29 is 24.1 Å². The quantitative estimate of drug-likeness (QED) is 0.218. The van der Waals surface area contributed by atoms with Crippen LogP contribution in [0.4, 0.5) is 5.69 Å². The van der Waals surface area contributed by atoms with Crippen molar-refractivity contribution in [2.45, 2.75) is 51.0 Å². The molecule has 1 unspecified atom stereocenters. The molecule has 1 saturated heterocycles. The number of ether oxygens (including phenoxy) is 4. The average Bonchev–Trinajstić information content (AvgIpc) is 2.90. The van der Waals surface area contributed by atoms with E-state index in [1.807, 2.05) is 24.3 Å². The summed E-state index contributed by atoms with van der Waals surface area (Å²) >= 11 is 0. The van der Waals surface area contributed by atoms with Gasteiger partial charge in [-0.15, -0.1) is 0 Å². The Morgan fingerprint density at radius 3 is 2.50 bits per heavy atom. The number of rotatable bonds is 15. The summed E-state index contributed by atoms with van der Waals surface area (Å²) in [5.74, 6) is 1.14. The normalized spacial score (nSPS) is 20.7. The Labute approximate surface area is 215 Å². The minimum atomic E-state index is -0.0708. The minimum absolute atomic E-state index is 0.0175. The van der Waals surface area contributed by atoms with Crippen LogP contribution in [0.15, 0.2) is 42.5 Å². The van der Waals surface area contributed by atoms with Gasteiger partial charge in [0.05, 0.1) is 38.2 Å². The highest BCUT2D eigenvalue weighted by Gasteiger charge is 2.36. The fourth-order valence-corrected chi connectivity index (χ4v) is 4.57. The average molecular weight is 502 g/mol. The second-order valence-corrected chi connectivity index (χ2v) is 9.26. The van der Waals surface area contributed by atoms with Gasteiger partial charge in [0.1, 0.15) is 11.5 Å². The second kappa shape index (κ2) is 15.0. The zero-order valence-electron chi connectivity index (χ0n) is 22.1. The van der Waals surface area contributed by atoms with Gasteiger partial charge in [0, 0.05) is 45.3 Å². The van der Waals surface area contributed by atoms with Crippen molar-refractivity contribution in [1.82, 2.24) is 10.6 Å². The van der Waals surface area contributed by atoms with Crippen LogP contribution in [-0.2, 0) is 20.8 Å². The zero-order valence-corrected chi connectivity index (χ0v) is 22.1. The maximum absolute atomic E-state index is 10.2. The van der Waals surface area contributed by atoms with Crippen LogP contribution in [0.1, 0.15) is 37.3 Å². The molecular formula is C28H43N3O5. The minimum Gasteiger partial charge on any atom is -0.506 e. The first-order valence-electron chi connectivity index (χ1n) is 12.9. The van der Waals surface area contributed by atoms with Crippen LogP contribution >= 0.6 is 0 Å². The number of benzene rings is 2. The summed E-state index contributed by atoms with van der Waals surface area (Å²) in [7, 11) is 3.37. The smallest absolute Gasteiger partial charge is 0.138 e. The molecule has 0 spiro atoms. The summed E-state index contributed by atoms with van der Waals surface area (Å²) in [6.07, 6.45) is 0.774. The number of nitrogens with one attached hydrogen (secondary N) is 3. The third-order valence-electron chi connectivity index (χ3n) is 6.47. The summed E-state index contributed by atoms with van der Waals surface area (Å²) < 4.78 is 23.4. The summed E-state index contributed by atoms with van der Waals surface area (Å²) in [5.41, 5.74) is 2.88. The lowest BCUT2D eigenvalue weighted by atomic mass is 9.85. The lowest BCUT2D eigenvalue weighted by Crippen LogP contribution is -2.51. The number of likely N-dealkylation sites (N-methyl/N-ethyl adjacent to an activating group) is 1. The molecule has 0 amide bonds. The molecule has 1 heterocycles. The standard InChI is InChI=1S/C28H43N3O5/c1-5-30-20(2)18-35-26-16-29-17-27(28(26)22-8-10-23(34-4)11-9-22)36-19-21-7-12-25(32)24(15-21)31-13-6-14-33-3/h7-12,15,20,26-32H,5-6,13-14,16-19H2,1-4H3/t20-,26-,27+,28?/m1/s1. The Balaban J connectivity index is 1.71. The molecule has 36 heavy (non-hydrogen) atoms. The van der Waals surface area contributed by atoms with E-state index >= 15 is 0 Å². The van der Waals surface area contributed by atoms with Crippen LogP contribution in [0.5, 0.6) is 11.5 Å². The summed E-state index contributed by atoms with van der Waals surface area (Å²) in [5, 5.41) is 20.4. The SMILES string of the molecule is CCN[C@H](C)CO[C@@H]1CNC[C@H](OCc2ccc(O)c(NCCCOC)c2)C1c1ccc(OC)cc1. The second-order valence-electron chi connectivity index (χ2n) is 9.26. The van der Waals surface area contributed by atoms with Crippen molar-refractivity contribution in [1.29, 1.82) is 0 Å². The fourth-order valence-electron chi connectivity index (χ4n) is 4.57. The predicted molar refractivity (Wildman–Crippen MR) is 143 cm³/mol. The number of hydrogen-bond acceptors (Lipinski definition) is 8. The van der Waals surface area contributed by atoms with Crippen molar-refractivity contribution in [3.05, 3.63) is 53.6 Å². The van der Waals surface area contributed by atoms with Gasteiger partial charge in [-0.25, -0.2) is 0 Å². The number of phenols is 1. The molecule has 1 aliphatic rings. The van der Waals surface area contributed by atoms with E-state index in [2.05, 4.69) is 41.9 Å². The van der Waals surface area contributed by atoms with Gasteiger partial charge in [-0.2, -0.15) is 0 Å². The lowest BCUT2D eigenvalue weighted by Gasteiger charge is -2.39. The van der Waals surface area contributed by atoms with E-state index in [0.29, 0.717) is 25.5 Å². The molecule has 0 bridgehead atoms. The Morgan fingerprint density at radius 2 is 1.81 bits per heavy atom.